The van der Waals surface area contributed by atoms with E-state index in [-0.39, 0.29) is 30.1 Å². The van der Waals surface area contributed by atoms with Crippen LogP contribution < -0.4 is 10.6 Å². The molecule has 3 fully saturated rings. The third-order valence-corrected chi connectivity index (χ3v) is 15.5. The van der Waals surface area contributed by atoms with Gasteiger partial charge in [-0.2, -0.15) is 0 Å². The van der Waals surface area contributed by atoms with E-state index in [0.29, 0.717) is 123 Å². The molecular weight excluding hydrogens is 873 g/mol. The van der Waals surface area contributed by atoms with Crippen LogP contribution in [0.25, 0.3) is 0 Å². The van der Waals surface area contributed by atoms with Crippen molar-refractivity contribution >= 4 is 31.5 Å². The van der Waals surface area contributed by atoms with E-state index in [1.165, 1.54) is 49.7 Å². The highest BCUT2D eigenvalue weighted by Gasteiger charge is 2.50. The van der Waals surface area contributed by atoms with E-state index in [4.69, 9.17) is 33.2 Å². The molecule has 0 bridgehead atoms. The van der Waals surface area contributed by atoms with Crippen LogP contribution in [0.2, 0.25) is 0 Å². The van der Waals surface area contributed by atoms with Crippen molar-refractivity contribution in [2.45, 2.75) is 129 Å². The maximum atomic E-state index is 12.3. The van der Waals surface area contributed by atoms with Crippen LogP contribution in [0, 0.1) is 23.2 Å². The van der Waals surface area contributed by atoms with E-state index in [1.54, 1.807) is 5.57 Å². The molecule has 0 aliphatic heterocycles. The second-order valence-corrected chi connectivity index (χ2v) is 23.4. The minimum absolute atomic E-state index is 0.0286. The predicted octanol–water partition coefficient (Wildman–Crippen LogP) is 6.95. The summed E-state index contributed by atoms with van der Waals surface area (Å²) in [7, 11) is -2.37. The summed E-state index contributed by atoms with van der Waals surface area (Å²) in [6.45, 7) is 19.8. The Morgan fingerprint density at radius 3 is 2.02 bits per heavy atom. The lowest BCUT2D eigenvalue weighted by atomic mass is 9.60. The van der Waals surface area contributed by atoms with Crippen LogP contribution in [0.1, 0.15) is 118 Å². The number of amides is 2. The van der Waals surface area contributed by atoms with Crippen molar-refractivity contribution < 1.29 is 56.3 Å². The lowest BCUT2D eigenvalue weighted by Gasteiger charge is -2.44. The van der Waals surface area contributed by atoms with E-state index in [0.717, 1.165) is 61.5 Å². The molecule has 14 nitrogen and oxygen atoms in total. The minimum atomic E-state index is -3.13. The van der Waals surface area contributed by atoms with Gasteiger partial charge in [-0.3, -0.25) is 9.59 Å². The SMILES string of the molecule is C=C1CC[C@H](OCCCNC(=O)CCOCCOCCOCCOCCOCCOCCNC(=O)CCSS(C)(=O)=O)C/C1=C/C=C1\CCC[C@]2(C)[C@@H]([C@H](C)CCCC(C)(C)O)CC[C@@H]12. The van der Waals surface area contributed by atoms with E-state index >= 15 is 0 Å². The number of hydrogen-bond acceptors (Lipinski definition) is 13. The molecule has 0 heterocycles. The first-order valence-electron chi connectivity index (χ1n) is 24.3. The number of ether oxygens (including phenoxy) is 7. The summed E-state index contributed by atoms with van der Waals surface area (Å²) < 4.78 is 61.3. The first kappa shape index (κ1) is 57.5. The van der Waals surface area contributed by atoms with Gasteiger partial charge in [-0.05, 0) is 118 Å². The predicted molar refractivity (Wildman–Crippen MR) is 258 cm³/mol. The molecule has 16 heteroatoms. The number of nitrogens with one attached hydrogen (secondary N) is 2. The molecule has 0 spiro atoms. The molecule has 0 aromatic heterocycles. The van der Waals surface area contributed by atoms with Gasteiger partial charge in [0.1, 0.15) is 0 Å². The fraction of sp³-hybridized carbons (Fsp3) is 0.837. The molecule has 65 heavy (non-hydrogen) atoms. The monoisotopic (exact) mass is 959 g/mol. The quantitative estimate of drug-likeness (QED) is 0.0435. The van der Waals surface area contributed by atoms with Crippen molar-refractivity contribution in [2.24, 2.45) is 23.2 Å². The highest BCUT2D eigenvalue weighted by molar-refractivity contribution is 8.71. The number of allylic oxidation sites excluding steroid dienone is 4. The molecule has 0 radical (unpaired) electrons. The van der Waals surface area contributed by atoms with Crippen LogP contribution in [0.4, 0.5) is 0 Å². The highest BCUT2D eigenvalue weighted by Crippen LogP contribution is 2.60. The number of fused-ring (bicyclic) bond motifs is 1. The summed E-state index contributed by atoms with van der Waals surface area (Å²) in [6, 6.07) is 0. The maximum absolute atomic E-state index is 12.3. The molecule has 0 aromatic rings. The van der Waals surface area contributed by atoms with Gasteiger partial charge in [0.25, 0.3) is 0 Å². The Morgan fingerprint density at radius 1 is 0.815 bits per heavy atom. The second-order valence-electron chi connectivity index (χ2n) is 18.8. The van der Waals surface area contributed by atoms with Crippen LogP contribution in [-0.2, 0) is 51.6 Å². The van der Waals surface area contributed by atoms with Gasteiger partial charge in [-0.15, -0.1) is 0 Å². The van der Waals surface area contributed by atoms with E-state index in [1.807, 2.05) is 13.8 Å². The van der Waals surface area contributed by atoms with Gasteiger partial charge in [-0.1, -0.05) is 56.6 Å². The average molecular weight is 959 g/mol. The van der Waals surface area contributed by atoms with Gasteiger partial charge in [0, 0.05) is 44.5 Å². The average Bonchev–Trinajstić information content (AvgIpc) is 3.60. The molecular formula is C49H86N2O12S2. The zero-order chi connectivity index (χ0) is 47.4. The molecule has 3 aliphatic rings. The van der Waals surface area contributed by atoms with Gasteiger partial charge in [0.05, 0.1) is 91.0 Å². The molecule has 3 saturated carbocycles. The number of carbonyl (C=O) groups excluding carboxylic acids is 2. The fourth-order valence-electron chi connectivity index (χ4n) is 9.44. The van der Waals surface area contributed by atoms with Crippen molar-refractivity contribution in [3.63, 3.8) is 0 Å². The molecule has 5 atom stereocenters. The van der Waals surface area contributed by atoms with Crippen LogP contribution in [0.3, 0.4) is 0 Å². The smallest absolute Gasteiger partial charge is 0.222 e. The zero-order valence-corrected chi connectivity index (χ0v) is 42.3. The fourth-order valence-corrected chi connectivity index (χ4v) is 11.2. The summed E-state index contributed by atoms with van der Waals surface area (Å²) in [5.74, 6) is 2.11. The number of hydrogen-bond donors (Lipinski definition) is 3. The molecule has 3 rings (SSSR count). The van der Waals surface area contributed by atoms with Crippen LogP contribution >= 0.6 is 10.8 Å². The normalized spacial score (nSPS) is 23.2. The third kappa shape index (κ3) is 25.4. The molecule has 0 saturated heterocycles. The third-order valence-electron chi connectivity index (χ3n) is 12.9. The summed E-state index contributed by atoms with van der Waals surface area (Å²) in [5, 5.41) is 15.9. The van der Waals surface area contributed by atoms with Gasteiger partial charge < -0.3 is 48.9 Å². The van der Waals surface area contributed by atoms with Crippen molar-refractivity contribution in [3.05, 3.63) is 35.5 Å². The standard InChI is InChI=1S/C49H86N2O12S2/c1-39-12-15-43(38-42(39)14-13-41-11-8-21-49(5)44(16-17-45(41)49)40(2)10-7-20-48(3,4)54)63-24-9-22-50-46(52)18-25-57-27-29-59-31-33-61-35-36-62-34-32-60-30-28-58-26-23-51-47(53)19-37-64-65(6,55)56/h13-14,40,43-45,54H,1,7-12,15-38H2,2-6H3,(H,50,52)(H,51,53)/b41-13+,42-14-/t40-,43+,44-,45+,49-/m1/s1. The maximum Gasteiger partial charge on any atom is 0.222 e. The lowest BCUT2D eigenvalue weighted by molar-refractivity contribution is -0.122. The first-order chi connectivity index (χ1) is 31.1. The zero-order valence-electron chi connectivity index (χ0n) is 40.6. The Hall–Kier alpha value is -1.86. The number of rotatable bonds is 36. The molecule has 0 aromatic carbocycles. The topological polar surface area (TPSA) is 177 Å². The van der Waals surface area contributed by atoms with Gasteiger partial charge in [0.15, 0.2) is 8.87 Å². The Kier molecular flexibility index (Phi) is 28.3. The summed E-state index contributed by atoms with van der Waals surface area (Å²) >= 11 is 0. The van der Waals surface area contributed by atoms with E-state index in [9.17, 15) is 23.1 Å². The minimum Gasteiger partial charge on any atom is -0.390 e. The molecule has 3 N–H and O–H groups in total. The van der Waals surface area contributed by atoms with Crippen LogP contribution in [0.15, 0.2) is 35.5 Å². The van der Waals surface area contributed by atoms with Crippen molar-refractivity contribution in [2.75, 3.05) is 111 Å². The highest BCUT2D eigenvalue weighted by atomic mass is 33.1. The van der Waals surface area contributed by atoms with E-state index < -0.39 is 14.5 Å². The first-order valence-corrected chi connectivity index (χ1v) is 27.7. The summed E-state index contributed by atoms with van der Waals surface area (Å²) in [5.41, 5.74) is 3.99. The van der Waals surface area contributed by atoms with Crippen molar-refractivity contribution in [1.29, 1.82) is 0 Å². The molecule has 3 aliphatic carbocycles. The van der Waals surface area contributed by atoms with Crippen LogP contribution in [0.5, 0.6) is 0 Å². The molecule has 2 amide bonds. The molecule has 0 unspecified atom stereocenters. The van der Waals surface area contributed by atoms with Crippen molar-refractivity contribution in [1.82, 2.24) is 10.6 Å². The number of aliphatic hydroxyl groups is 1. The van der Waals surface area contributed by atoms with E-state index in [2.05, 4.69) is 43.2 Å². The molecule has 376 valence electrons. The Bertz CT molecular complexity index is 1550. The van der Waals surface area contributed by atoms with Gasteiger partial charge in [0.2, 0.25) is 11.8 Å². The number of carbonyl (C=O) groups is 2. The lowest BCUT2D eigenvalue weighted by Crippen LogP contribution is -2.36. The second kappa shape index (κ2) is 32.0. The van der Waals surface area contributed by atoms with Crippen molar-refractivity contribution in [3.8, 4) is 0 Å². The summed E-state index contributed by atoms with van der Waals surface area (Å²) in [4.78, 5) is 23.9. The summed E-state index contributed by atoms with van der Waals surface area (Å²) in [6.07, 6.45) is 19.7. The largest absolute Gasteiger partial charge is 0.390 e. The van der Waals surface area contributed by atoms with Gasteiger partial charge in [-0.25, -0.2) is 8.42 Å². The Morgan fingerprint density at radius 2 is 1.40 bits per heavy atom. The van der Waals surface area contributed by atoms with Crippen LogP contribution in [-0.4, -0.2) is 148 Å². The Balaban J connectivity index is 1.10. The van der Waals surface area contributed by atoms with Gasteiger partial charge >= 0.3 is 0 Å². The Labute approximate surface area is 395 Å².